The number of benzene rings is 3. The molecule has 0 radical (unpaired) electrons. The first-order chi connectivity index (χ1) is 14.8. The lowest BCUT2D eigenvalue weighted by atomic mass is 10.0. The number of rotatable bonds is 3. The lowest BCUT2D eigenvalue weighted by molar-refractivity contribution is 0.0697. The van der Waals surface area contributed by atoms with Gasteiger partial charge < -0.3 is 10.0 Å². The van der Waals surface area contributed by atoms with Crippen molar-refractivity contribution in [3.63, 3.8) is 0 Å². The molecule has 7 heteroatoms. The van der Waals surface area contributed by atoms with Crippen molar-refractivity contribution < 1.29 is 9.90 Å². The standard InChI is InChI=1S/C24H21ClN4O2/c1-15(26)29-21-11-6-18(16-2-4-17(5-3-16)24(30)31)14-22(21)28(13-12-23(29)27)20-9-7-19(25)8-10-20/h2-11,14,26-27H,12-13H2,1H3,(H,30,31). The van der Waals surface area contributed by atoms with E-state index in [1.807, 2.05) is 42.5 Å². The van der Waals surface area contributed by atoms with Gasteiger partial charge in [0.15, 0.2) is 0 Å². The third-order valence-electron chi connectivity index (χ3n) is 5.29. The summed E-state index contributed by atoms with van der Waals surface area (Å²) >= 11 is 6.08. The van der Waals surface area contributed by atoms with E-state index in [9.17, 15) is 4.79 Å². The Morgan fingerprint density at radius 1 is 0.968 bits per heavy atom. The number of fused-ring (bicyclic) bond motifs is 1. The van der Waals surface area contributed by atoms with Crippen LogP contribution in [-0.4, -0.2) is 29.3 Å². The number of nitrogens with one attached hydrogen (secondary N) is 2. The number of hydrogen-bond acceptors (Lipinski definition) is 4. The summed E-state index contributed by atoms with van der Waals surface area (Å²) in [6.07, 6.45) is 0.482. The Hall–Kier alpha value is -3.64. The first-order valence-corrected chi connectivity index (χ1v) is 10.2. The number of nitrogens with zero attached hydrogens (tertiary/aromatic N) is 2. The maximum Gasteiger partial charge on any atom is 0.335 e. The van der Waals surface area contributed by atoms with Crippen LogP contribution in [0.3, 0.4) is 0 Å². The number of aromatic carboxylic acids is 1. The van der Waals surface area contributed by atoms with E-state index in [0.717, 1.165) is 28.2 Å². The Kier molecular flexibility index (Phi) is 5.48. The van der Waals surface area contributed by atoms with Gasteiger partial charge in [0.1, 0.15) is 11.7 Å². The molecule has 0 aromatic heterocycles. The topological polar surface area (TPSA) is 91.5 Å². The van der Waals surface area contributed by atoms with Crippen LogP contribution >= 0.6 is 11.6 Å². The van der Waals surface area contributed by atoms with Gasteiger partial charge in [-0.1, -0.05) is 29.8 Å². The molecule has 0 bridgehead atoms. The highest BCUT2D eigenvalue weighted by atomic mass is 35.5. The van der Waals surface area contributed by atoms with Gasteiger partial charge in [0.05, 0.1) is 16.9 Å². The van der Waals surface area contributed by atoms with Gasteiger partial charge in [-0.05, 0) is 66.6 Å². The summed E-state index contributed by atoms with van der Waals surface area (Å²) in [4.78, 5) is 14.9. The molecule has 3 aromatic carbocycles. The van der Waals surface area contributed by atoms with Crippen molar-refractivity contribution in [2.75, 3.05) is 16.3 Å². The molecule has 0 saturated carbocycles. The molecule has 4 rings (SSSR count). The predicted molar refractivity (Wildman–Crippen MR) is 126 cm³/mol. The van der Waals surface area contributed by atoms with E-state index < -0.39 is 5.97 Å². The summed E-state index contributed by atoms with van der Waals surface area (Å²) in [7, 11) is 0. The van der Waals surface area contributed by atoms with Gasteiger partial charge >= 0.3 is 5.97 Å². The average Bonchev–Trinajstić information content (AvgIpc) is 2.90. The molecule has 156 valence electrons. The number of carboxylic acid groups (broad SMARTS) is 1. The Morgan fingerprint density at radius 2 is 1.61 bits per heavy atom. The summed E-state index contributed by atoms with van der Waals surface area (Å²) in [6.45, 7) is 2.26. The summed E-state index contributed by atoms with van der Waals surface area (Å²) < 4.78 is 0. The lowest BCUT2D eigenvalue weighted by Crippen LogP contribution is -2.33. The van der Waals surface area contributed by atoms with Gasteiger partial charge in [0, 0.05) is 23.7 Å². The normalized spacial score (nSPS) is 13.5. The monoisotopic (exact) mass is 432 g/mol. The molecule has 31 heavy (non-hydrogen) atoms. The number of anilines is 3. The van der Waals surface area contributed by atoms with E-state index in [-0.39, 0.29) is 11.4 Å². The van der Waals surface area contributed by atoms with Crippen molar-refractivity contribution in [2.45, 2.75) is 13.3 Å². The van der Waals surface area contributed by atoms with Gasteiger partial charge in [-0.2, -0.15) is 0 Å². The molecule has 0 aliphatic carbocycles. The van der Waals surface area contributed by atoms with Crippen LogP contribution in [0.5, 0.6) is 0 Å². The number of amidine groups is 2. The molecular weight excluding hydrogens is 412 g/mol. The fourth-order valence-electron chi connectivity index (χ4n) is 3.78. The second-order valence-electron chi connectivity index (χ2n) is 7.33. The van der Waals surface area contributed by atoms with E-state index >= 15 is 0 Å². The van der Waals surface area contributed by atoms with Crippen molar-refractivity contribution in [3.05, 3.63) is 77.3 Å². The van der Waals surface area contributed by atoms with Crippen LogP contribution in [0.15, 0.2) is 66.7 Å². The smallest absolute Gasteiger partial charge is 0.335 e. The Morgan fingerprint density at radius 3 is 2.23 bits per heavy atom. The van der Waals surface area contributed by atoms with Crippen LogP contribution in [0.25, 0.3) is 11.1 Å². The Labute approximate surface area is 185 Å². The summed E-state index contributed by atoms with van der Waals surface area (Å²) in [5.41, 5.74) is 4.63. The molecule has 0 amide bonds. The highest BCUT2D eigenvalue weighted by Gasteiger charge is 2.26. The molecule has 0 unspecified atom stereocenters. The maximum absolute atomic E-state index is 11.2. The maximum atomic E-state index is 11.2. The number of carboxylic acids is 1. The fourth-order valence-corrected chi connectivity index (χ4v) is 3.91. The molecule has 0 fully saturated rings. The van der Waals surface area contributed by atoms with Crippen LogP contribution in [0.4, 0.5) is 17.1 Å². The third kappa shape index (κ3) is 4.02. The largest absolute Gasteiger partial charge is 0.478 e. The highest BCUT2D eigenvalue weighted by molar-refractivity contribution is 6.30. The van der Waals surface area contributed by atoms with Gasteiger partial charge in [0.25, 0.3) is 0 Å². The van der Waals surface area contributed by atoms with Gasteiger partial charge in [-0.15, -0.1) is 0 Å². The summed E-state index contributed by atoms with van der Waals surface area (Å²) in [6, 6.07) is 20.2. The van der Waals surface area contributed by atoms with Crippen molar-refractivity contribution in [3.8, 4) is 11.1 Å². The SMILES string of the molecule is CC(=N)N1C(=N)CCN(c2ccc(Cl)cc2)c2cc(-c3ccc(C(=O)O)cc3)ccc21. The fraction of sp³-hybridized carbons (Fsp3) is 0.125. The van der Waals surface area contributed by atoms with Gasteiger partial charge in [0.2, 0.25) is 0 Å². The number of hydrogen-bond donors (Lipinski definition) is 3. The highest BCUT2D eigenvalue weighted by Crippen LogP contribution is 2.40. The van der Waals surface area contributed by atoms with E-state index in [0.29, 0.717) is 23.8 Å². The van der Waals surface area contributed by atoms with Gasteiger partial charge in [-0.25, -0.2) is 4.79 Å². The zero-order chi connectivity index (χ0) is 22.1. The van der Waals surface area contributed by atoms with Crippen LogP contribution in [-0.2, 0) is 0 Å². The number of carbonyl (C=O) groups is 1. The van der Waals surface area contributed by atoms with E-state index in [2.05, 4.69) is 4.90 Å². The van der Waals surface area contributed by atoms with Crippen molar-refractivity contribution in [2.24, 2.45) is 0 Å². The van der Waals surface area contributed by atoms with Crippen molar-refractivity contribution in [1.29, 1.82) is 10.8 Å². The zero-order valence-corrected chi connectivity index (χ0v) is 17.6. The molecule has 3 aromatic rings. The molecule has 3 N–H and O–H groups in total. The minimum atomic E-state index is -0.960. The molecular formula is C24H21ClN4O2. The Bertz CT molecular complexity index is 1170. The molecule has 0 saturated heterocycles. The van der Waals surface area contributed by atoms with Crippen LogP contribution < -0.4 is 9.80 Å². The first kappa shape index (κ1) is 20.6. The molecule has 6 nitrogen and oxygen atoms in total. The second kappa shape index (κ2) is 8.24. The Balaban J connectivity index is 1.86. The average molecular weight is 433 g/mol. The molecule has 1 aliphatic rings. The predicted octanol–water partition coefficient (Wildman–Crippen LogP) is 6.03. The summed E-state index contributed by atoms with van der Waals surface area (Å²) in [5, 5.41) is 26.5. The van der Waals surface area contributed by atoms with Crippen molar-refractivity contribution in [1.82, 2.24) is 0 Å². The van der Waals surface area contributed by atoms with Crippen LogP contribution in [0.2, 0.25) is 5.02 Å². The second-order valence-corrected chi connectivity index (χ2v) is 7.77. The third-order valence-corrected chi connectivity index (χ3v) is 5.54. The first-order valence-electron chi connectivity index (χ1n) is 9.79. The minimum Gasteiger partial charge on any atom is -0.478 e. The molecule has 1 aliphatic heterocycles. The summed E-state index contributed by atoms with van der Waals surface area (Å²) in [5.74, 6) is -0.315. The van der Waals surface area contributed by atoms with Crippen molar-refractivity contribution >= 4 is 46.3 Å². The van der Waals surface area contributed by atoms with Gasteiger partial charge in [-0.3, -0.25) is 15.7 Å². The lowest BCUT2D eigenvalue weighted by Gasteiger charge is -2.27. The van der Waals surface area contributed by atoms with Crippen LogP contribution in [0, 0.1) is 10.8 Å². The van der Waals surface area contributed by atoms with E-state index in [4.69, 9.17) is 27.5 Å². The number of halogens is 1. The quantitative estimate of drug-likeness (QED) is 0.348. The zero-order valence-electron chi connectivity index (χ0n) is 16.9. The van der Waals surface area contributed by atoms with Crippen LogP contribution in [0.1, 0.15) is 23.7 Å². The molecule has 0 spiro atoms. The molecule has 0 atom stereocenters. The van der Waals surface area contributed by atoms with E-state index in [1.165, 1.54) is 0 Å². The molecule has 1 heterocycles. The minimum absolute atomic E-state index is 0.236. The van der Waals surface area contributed by atoms with E-state index in [1.54, 1.807) is 36.1 Å².